The Kier molecular flexibility index (Phi) is 4.53. The molecule has 0 radical (unpaired) electrons. The lowest BCUT2D eigenvalue weighted by atomic mass is 9.48. The molecule has 5 aliphatic rings. The summed E-state index contributed by atoms with van der Waals surface area (Å²) in [4.78, 5) is 30.7. The van der Waals surface area contributed by atoms with Crippen LogP contribution in [0, 0.1) is 5.92 Å². The summed E-state index contributed by atoms with van der Waals surface area (Å²) >= 11 is 0. The molecule has 3 heterocycles. The highest BCUT2D eigenvalue weighted by atomic mass is 16.5. The summed E-state index contributed by atoms with van der Waals surface area (Å²) in [6.07, 6.45) is 7.05. The summed E-state index contributed by atoms with van der Waals surface area (Å²) in [5.41, 5.74) is 2.02. The van der Waals surface area contributed by atoms with Crippen LogP contribution >= 0.6 is 0 Å². The molecule has 5 atom stereocenters. The highest BCUT2D eigenvalue weighted by molar-refractivity contribution is 6.09. The van der Waals surface area contributed by atoms with E-state index in [0.29, 0.717) is 40.6 Å². The number of nitrogens with zero attached hydrogens (tertiary/aromatic N) is 1. The number of amides is 1. The Morgan fingerprint density at radius 1 is 1.21 bits per heavy atom. The summed E-state index contributed by atoms with van der Waals surface area (Å²) in [5.74, 6) is 1.05. The number of phenolic OH excluding ortho intramolecular Hbond substituents is 1. The smallest absolute Gasteiger partial charge is 0.253 e. The molecule has 38 heavy (non-hydrogen) atoms. The number of carbonyl (C=O) groups excluding carboxylic acids is 2. The molecular formula is C30H31N3O5. The minimum Gasteiger partial charge on any atom is -0.504 e. The standard InChI is InChI=1S/C30H31N3O5/c34-15-18-13-31-25-19(18)2-1-3-20(25)28(36)32-21-8-9-30(37)23-12-17-6-7-22(35)26-24(17)29(30,27(21)38-26)10-11-33(23)14-16-4-5-16/h1-3,6-7,13,15-16,21,23,27,31,35,37H,4-5,8-12,14H2,(H,32,36)/t21-,23+,27-,29-,30+/m0/s1. The van der Waals surface area contributed by atoms with Crippen molar-refractivity contribution >= 4 is 23.1 Å². The molecule has 196 valence electrons. The maximum atomic E-state index is 13.7. The normalized spacial score (nSPS) is 33.0. The maximum Gasteiger partial charge on any atom is 0.253 e. The molecule has 4 N–H and O–H groups in total. The number of ether oxygens (including phenoxy) is 1. The van der Waals surface area contributed by atoms with Gasteiger partial charge in [0.15, 0.2) is 17.8 Å². The van der Waals surface area contributed by atoms with Gasteiger partial charge in [-0.2, -0.15) is 0 Å². The number of piperidine rings is 1. The molecule has 2 saturated carbocycles. The van der Waals surface area contributed by atoms with Gasteiger partial charge in [-0.3, -0.25) is 14.5 Å². The van der Waals surface area contributed by atoms with Crippen LogP contribution in [0.1, 0.15) is 63.9 Å². The molecular weight excluding hydrogens is 482 g/mol. The predicted molar refractivity (Wildman–Crippen MR) is 140 cm³/mol. The Balaban J connectivity index is 1.19. The van der Waals surface area contributed by atoms with E-state index in [1.807, 2.05) is 12.1 Å². The SMILES string of the molecule is O=Cc1c[nH]c2c(C(=O)N[C@H]3CC[C@@]4(O)[C@H]5Cc6ccc(O)c7c6[C@@]4(CCN5CC4CC4)[C@H]3O7)cccc12. The average Bonchev–Trinajstić information content (AvgIpc) is 3.51. The van der Waals surface area contributed by atoms with Gasteiger partial charge >= 0.3 is 0 Å². The molecule has 3 fully saturated rings. The lowest BCUT2D eigenvalue weighted by molar-refractivity contribution is -0.191. The molecule has 8 nitrogen and oxygen atoms in total. The van der Waals surface area contributed by atoms with Crippen LogP contribution in [0.15, 0.2) is 36.5 Å². The number of phenols is 1. The second-order valence-corrected chi connectivity index (χ2v) is 12.0. The second kappa shape index (κ2) is 7.61. The van der Waals surface area contributed by atoms with Crippen molar-refractivity contribution in [2.45, 2.75) is 67.7 Å². The molecule has 8 rings (SSSR count). The highest BCUT2D eigenvalue weighted by Gasteiger charge is 2.73. The first-order valence-electron chi connectivity index (χ1n) is 13.8. The molecule has 2 bridgehead atoms. The number of likely N-dealkylation sites (tertiary alicyclic amines) is 1. The van der Waals surface area contributed by atoms with Gasteiger partial charge in [0, 0.05) is 35.3 Å². The van der Waals surface area contributed by atoms with Crippen LogP contribution in [0.4, 0.5) is 0 Å². The Hall–Kier alpha value is -3.36. The van der Waals surface area contributed by atoms with E-state index in [9.17, 15) is 19.8 Å². The number of H-pyrrole nitrogens is 1. The molecule has 8 heteroatoms. The summed E-state index contributed by atoms with van der Waals surface area (Å²) in [6, 6.07) is 8.71. The Morgan fingerprint density at radius 3 is 2.89 bits per heavy atom. The summed E-state index contributed by atoms with van der Waals surface area (Å²) in [6.45, 7) is 1.90. The molecule has 1 saturated heterocycles. The van der Waals surface area contributed by atoms with Crippen LogP contribution < -0.4 is 10.1 Å². The number of carbonyl (C=O) groups is 2. The maximum absolute atomic E-state index is 13.7. The molecule has 1 spiro atoms. The zero-order valence-electron chi connectivity index (χ0n) is 21.1. The Bertz CT molecular complexity index is 1510. The van der Waals surface area contributed by atoms with Gasteiger partial charge in [0.2, 0.25) is 0 Å². The third kappa shape index (κ3) is 2.77. The summed E-state index contributed by atoms with van der Waals surface area (Å²) < 4.78 is 6.56. The van der Waals surface area contributed by atoms with Gasteiger partial charge in [-0.1, -0.05) is 18.2 Å². The predicted octanol–water partition coefficient (Wildman–Crippen LogP) is 3.05. The number of aromatic amines is 1. The Labute approximate surface area is 220 Å². The van der Waals surface area contributed by atoms with Crippen molar-refractivity contribution in [3.05, 3.63) is 58.8 Å². The van der Waals surface area contributed by atoms with Gasteiger partial charge in [-0.05, 0) is 68.7 Å². The molecule has 3 aliphatic carbocycles. The van der Waals surface area contributed by atoms with Crippen LogP contribution in [-0.2, 0) is 11.8 Å². The number of hydrogen-bond donors (Lipinski definition) is 4. The number of aliphatic hydroxyl groups is 1. The quantitative estimate of drug-likeness (QED) is 0.390. The number of aromatic nitrogens is 1. The van der Waals surface area contributed by atoms with Crippen molar-refractivity contribution < 1.29 is 24.5 Å². The first-order valence-corrected chi connectivity index (χ1v) is 13.8. The monoisotopic (exact) mass is 513 g/mol. The van der Waals surface area contributed by atoms with Crippen molar-refractivity contribution in [3.8, 4) is 11.5 Å². The number of rotatable bonds is 5. The van der Waals surface area contributed by atoms with Crippen molar-refractivity contribution in [1.29, 1.82) is 0 Å². The van der Waals surface area contributed by atoms with Crippen molar-refractivity contribution in [1.82, 2.24) is 15.2 Å². The summed E-state index contributed by atoms with van der Waals surface area (Å²) in [5, 5.41) is 27.4. The first-order chi connectivity index (χ1) is 18.4. The third-order valence-electron chi connectivity index (χ3n) is 10.2. The minimum atomic E-state index is -0.990. The fourth-order valence-electron chi connectivity index (χ4n) is 8.34. The van der Waals surface area contributed by atoms with E-state index in [0.717, 1.165) is 49.3 Å². The topological polar surface area (TPSA) is 115 Å². The van der Waals surface area contributed by atoms with Gasteiger partial charge in [0.25, 0.3) is 5.91 Å². The van der Waals surface area contributed by atoms with E-state index >= 15 is 0 Å². The van der Waals surface area contributed by atoms with Crippen LogP contribution in [0.5, 0.6) is 11.5 Å². The second-order valence-electron chi connectivity index (χ2n) is 12.0. The molecule has 3 aromatic rings. The van der Waals surface area contributed by atoms with Crippen molar-refractivity contribution in [2.75, 3.05) is 13.1 Å². The zero-order chi connectivity index (χ0) is 25.8. The van der Waals surface area contributed by atoms with Crippen LogP contribution in [0.3, 0.4) is 0 Å². The number of nitrogens with one attached hydrogen (secondary N) is 2. The number of benzene rings is 2. The van der Waals surface area contributed by atoms with E-state index in [1.165, 1.54) is 12.8 Å². The minimum absolute atomic E-state index is 0.00276. The largest absolute Gasteiger partial charge is 0.504 e. The lowest BCUT2D eigenvalue weighted by Gasteiger charge is -2.64. The first kappa shape index (κ1) is 22.6. The average molecular weight is 514 g/mol. The molecule has 1 amide bonds. The molecule has 2 aromatic carbocycles. The third-order valence-corrected chi connectivity index (χ3v) is 10.2. The number of fused-ring (bicyclic) bond motifs is 1. The Morgan fingerprint density at radius 2 is 2.08 bits per heavy atom. The van der Waals surface area contributed by atoms with E-state index < -0.39 is 17.1 Å². The fraction of sp³-hybridized carbons (Fsp3) is 0.467. The molecule has 0 unspecified atom stereocenters. The number of aldehydes is 1. The van der Waals surface area contributed by atoms with Crippen LogP contribution in [0.2, 0.25) is 0 Å². The van der Waals surface area contributed by atoms with Gasteiger partial charge < -0.3 is 25.3 Å². The summed E-state index contributed by atoms with van der Waals surface area (Å²) in [7, 11) is 0. The van der Waals surface area contributed by atoms with Crippen LogP contribution in [-0.4, -0.2) is 69.2 Å². The highest BCUT2D eigenvalue weighted by Crippen LogP contribution is 2.65. The number of hydrogen-bond acceptors (Lipinski definition) is 6. The van der Waals surface area contributed by atoms with E-state index in [4.69, 9.17) is 4.74 Å². The number of para-hydroxylation sites is 1. The van der Waals surface area contributed by atoms with Crippen molar-refractivity contribution in [3.63, 3.8) is 0 Å². The van der Waals surface area contributed by atoms with Gasteiger partial charge in [-0.25, -0.2) is 0 Å². The lowest BCUT2D eigenvalue weighted by Crippen LogP contribution is -2.78. The van der Waals surface area contributed by atoms with E-state index in [-0.39, 0.29) is 23.7 Å². The zero-order valence-corrected chi connectivity index (χ0v) is 21.1. The van der Waals surface area contributed by atoms with E-state index in [1.54, 1.807) is 24.4 Å². The molecule has 1 aromatic heterocycles. The fourth-order valence-corrected chi connectivity index (χ4v) is 8.34. The van der Waals surface area contributed by atoms with Crippen LogP contribution in [0.25, 0.3) is 10.9 Å². The van der Waals surface area contributed by atoms with E-state index in [2.05, 4.69) is 15.2 Å². The van der Waals surface area contributed by atoms with Gasteiger partial charge in [0.1, 0.15) is 6.10 Å². The van der Waals surface area contributed by atoms with Gasteiger partial charge in [-0.15, -0.1) is 0 Å². The molecule has 2 aliphatic heterocycles. The number of aromatic hydroxyl groups is 1. The van der Waals surface area contributed by atoms with Gasteiger partial charge in [0.05, 0.1) is 28.1 Å². The van der Waals surface area contributed by atoms with Crippen molar-refractivity contribution in [2.24, 2.45) is 5.92 Å².